The summed E-state index contributed by atoms with van der Waals surface area (Å²) in [5.74, 6) is -0.899. The molecule has 2 aromatic heterocycles. The molecule has 1 amide bonds. The predicted octanol–water partition coefficient (Wildman–Crippen LogP) is 4.85. The Hall–Kier alpha value is -3.53. The maximum Gasteiger partial charge on any atom is 0.390 e. The summed E-state index contributed by atoms with van der Waals surface area (Å²) in [5.41, 5.74) is 2.22. The summed E-state index contributed by atoms with van der Waals surface area (Å²) >= 11 is 1.38. The summed E-state index contributed by atoms with van der Waals surface area (Å²) < 4.78 is 6.59. The lowest BCUT2D eigenvalue weighted by Crippen LogP contribution is -2.20. The van der Waals surface area contributed by atoms with E-state index < -0.39 is 22.6 Å². The van der Waals surface area contributed by atoms with Gasteiger partial charge in [0.15, 0.2) is 5.69 Å². The van der Waals surface area contributed by atoms with Crippen LogP contribution in [-0.4, -0.2) is 33.2 Å². The van der Waals surface area contributed by atoms with Gasteiger partial charge < -0.3 is 20.2 Å². The Labute approximate surface area is 200 Å². The maximum atomic E-state index is 13.3. The molecule has 4 rings (SSSR count). The second-order valence-corrected chi connectivity index (χ2v) is 9.29. The smallest absolute Gasteiger partial charge is 0.390 e. The summed E-state index contributed by atoms with van der Waals surface area (Å²) in [4.78, 5) is 37.9. The molecule has 1 N–H and O–H groups in total. The molecule has 1 aliphatic carbocycles. The fourth-order valence-electron chi connectivity index (χ4n) is 4.23. The molecule has 0 saturated heterocycles. The fraction of sp³-hybridized carbons (Fsp3) is 0.375. The van der Waals surface area contributed by atoms with Gasteiger partial charge >= 0.3 is 11.8 Å². The van der Waals surface area contributed by atoms with Crippen LogP contribution in [0, 0.1) is 16.0 Å². The highest BCUT2D eigenvalue weighted by atomic mass is 32.1. The molecule has 178 valence electrons. The lowest BCUT2D eigenvalue weighted by molar-refractivity contribution is -0.389. The normalized spacial score (nSPS) is 14.9. The Morgan fingerprint density at radius 3 is 2.74 bits per heavy atom. The number of hydrogen-bond donors (Lipinski definition) is 1. The van der Waals surface area contributed by atoms with Crippen molar-refractivity contribution in [3.63, 3.8) is 0 Å². The van der Waals surface area contributed by atoms with Crippen molar-refractivity contribution in [2.45, 2.75) is 46.1 Å². The summed E-state index contributed by atoms with van der Waals surface area (Å²) in [6.45, 7) is 4.31. The summed E-state index contributed by atoms with van der Waals surface area (Å²) in [5, 5.41) is 18.6. The molecule has 1 atom stereocenters. The van der Waals surface area contributed by atoms with E-state index in [-0.39, 0.29) is 18.8 Å². The van der Waals surface area contributed by atoms with Crippen molar-refractivity contribution in [3.8, 4) is 0 Å². The molecule has 0 bridgehead atoms. The van der Waals surface area contributed by atoms with E-state index in [1.54, 1.807) is 6.92 Å². The third kappa shape index (κ3) is 4.86. The number of benzene rings is 1. The maximum absolute atomic E-state index is 13.3. The number of nitrogens with zero attached hydrogens (tertiary/aromatic N) is 3. The molecule has 9 nitrogen and oxygen atoms in total. The predicted molar refractivity (Wildman–Crippen MR) is 128 cm³/mol. The van der Waals surface area contributed by atoms with Crippen LogP contribution in [0.15, 0.2) is 36.4 Å². The molecule has 0 fully saturated rings. The Bertz CT molecular complexity index is 1220. The second kappa shape index (κ2) is 10.2. The Balaban J connectivity index is 1.68. The third-order valence-corrected chi connectivity index (χ3v) is 7.18. The van der Waals surface area contributed by atoms with Crippen molar-refractivity contribution in [1.82, 2.24) is 9.78 Å². The zero-order chi connectivity index (χ0) is 24.2. The van der Waals surface area contributed by atoms with Crippen molar-refractivity contribution in [2.75, 3.05) is 11.9 Å². The van der Waals surface area contributed by atoms with Gasteiger partial charge in [-0.3, -0.25) is 4.79 Å². The average Bonchev–Trinajstić information content (AvgIpc) is 3.40. The number of anilines is 1. The van der Waals surface area contributed by atoms with Crippen LogP contribution in [0.4, 0.5) is 10.8 Å². The molecular formula is C24H26N4O5S. The molecular weight excluding hydrogens is 456 g/mol. The van der Waals surface area contributed by atoms with Gasteiger partial charge in [0.2, 0.25) is 0 Å². The van der Waals surface area contributed by atoms with E-state index in [4.69, 9.17) is 4.74 Å². The monoisotopic (exact) mass is 482 g/mol. The van der Waals surface area contributed by atoms with Gasteiger partial charge in [-0.25, -0.2) is 4.79 Å². The van der Waals surface area contributed by atoms with E-state index in [0.29, 0.717) is 16.5 Å². The first-order chi connectivity index (χ1) is 16.4. The van der Waals surface area contributed by atoms with Gasteiger partial charge in [0.1, 0.15) is 5.00 Å². The number of carbonyl (C=O) groups is 2. The first-order valence-corrected chi connectivity index (χ1v) is 12.1. The average molecular weight is 483 g/mol. The number of carbonyl (C=O) groups excluding carboxylic acids is 2. The third-order valence-electron chi connectivity index (χ3n) is 6.01. The number of nitrogens with one attached hydrogen (secondary N) is 1. The van der Waals surface area contributed by atoms with Gasteiger partial charge in [0, 0.05) is 4.88 Å². The Morgan fingerprint density at radius 2 is 2.06 bits per heavy atom. The van der Waals surface area contributed by atoms with Crippen molar-refractivity contribution >= 4 is 34.0 Å². The van der Waals surface area contributed by atoms with Crippen LogP contribution in [0.1, 0.15) is 63.5 Å². The van der Waals surface area contributed by atoms with Crippen LogP contribution in [-0.2, 0) is 24.1 Å². The number of hydrogen-bond acceptors (Lipinski definition) is 7. The molecule has 34 heavy (non-hydrogen) atoms. The number of ether oxygens (including phenoxy) is 1. The molecule has 0 radical (unpaired) electrons. The molecule has 1 aliphatic rings. The van der Waals surface area contributed by atoms with Crippen molar-refractivity contribution in [2.24, 2.45) is 5.92 Å². The van der Waals surface area contributed by atoms with E-state index in [1.165, 1.54) is 16.0 Å². The van der Waals surface area contributed by atoms with Crippen LogP contribution >= 0.6 is 11.3 Å². The molecule has 3 aromatic rings. The minimum Gasteiger partial charge on any atom is -0.462 e. The number of rotatable bonds is 8. The van der Waals surface area contributed by atoms with Crippen LogP contribution in [0.25, 0.3) is 0 Å². The summed E-state index contributed by atoms with van der Waals surface area (Å²) in [6, 6.07) is 10.4. The van der Waals surface area contributed by atoms with Crippen LogP contribution in [0.2, 0.25) is 0 Å². The number of nitro groups is 1. The molecule has 0 aliphatic heterocycles. The van der Waals surface area contributed by atoms with E-state index in [0.717, 1.165) is 47.8 Å². The lowest BCUT2D eigenvalue weighted by Gasteiger charge is -2.20. The minimum atomic E-state index is -0.628. The molecule has 10 heteroatoms. The largest absolute Gasteiger partial charge is 0.462 e. The molecule has 0 spiro atoms. The fourth-order valence-corrected chi connectivity index (χ4v) is 5.57. The number of fused-ring (bicyclic) bond motifs is 1. The molecule has 0 unspecified atom stereocenters. The SMILES string of the molecule is CCOC(=O)c1c(NC(=O)c2cc([N+](=O)[O-])nn2Cc2ccccc2)sc2c1CC[C@H](CC)C2. The number of amides is 1. The van der Waals surface area contributed by atoms with Gasteiger partial charge in [-0.1, -0.05) is 43.7 Å². The quantitative estimate of drug-likeness (QED) is 0.279. The zero-order valence-electron chi connectivity index (χ0n) is 19.1. The molecule has 0 saturated carbocycles. The van der Waals surface area contributed by atoms with Crippen molar-refractivity contribution < 1.29 is 19.2 Å². The van der Waals surface area contributed by atoms with Crippen molar-refractivity contribution in [3.05, 3.63) is 73.8 Å². The molecule has 1 aromatic carbocycles. The van der Waals surface area contributed by atoms with Gasteiger partial charge in [0.05, 0.1) is 29.9 Å². The highest BCUT2D eigenvalue weighted by molar-refractivity contribution is 7.17. The first-order valence-electron chi connectivity index (χ1n) is 11.3. The highest BCUT2D eigenvalue weighted by Crippen LogP contribution is 2.41. The van der Waals surface area contributed by atoms with Crippen LogP contribution in [0.5, 0.6) is 0 Å². The first kappa shape index (κ1) is 23.6. The van der Waals surface area contributed by atoms with Gasteiger partial charge in [0.25, 0.3) is 5.91 Å². The Morgan fingerprint density at radius 1 is 1.29 bits per heavy atom. The van der Waals surface area contributed by atoms with Gasteiger partial charge in [-0.2, -0.15) is 4.68 Å². The standard InChI is InChI=1S/C24H26N4O5S/c1-3-15-10-11-17-19(12-15)34-23(21(17)24(30)33-4-2)25-22(29)18-13-20(28(31)32)26-27(18)14-16-8-6-5-7-9-16/h5-9,13,15H,3-4,10-12,14H2,1-2H3,(H,25,29)/t15-/m0/s1. The summed E-state index contributed by atoms with van der Waals surface area (Å²) in [6.07, 6.45) is 3.65. The van der Waals surface area contributed by atoms with E-state index in [1.807, 2.05) is 30.3 Å². The van der Waals surface area contributed by atoms with Gasteiger partial charge in [-0.15, -0.1) is 11.3 Å². The number of aromatic nitrogens is 2. The second-order valence-electron chi connectivity index (χ2n) is 8.19. The van der Waals surface area contributed by atoms with Crippen molar-refractivity contribution in [1.29, 1.82) is 0 Å². The zero-order valence-corrected chi connectivity index (χ0v) is 19.9. The number of esters is 1. The minimum absolute atomic E-state index is 0.0446. The van der Waals surface area contributed by atoms with E-state index in [2.05, 4.69) is 17.3 Å². The van der Waals surface area contributed by atoms with Crippen LogP contribution < -0.4 is 5.32 Å². The van der Waals surface area contributed by atoms with E-state index >= 15 is 0 Å². The van der Waals surface area contributed by atoms with E-state index in [9.17, 15) is 19.7 Å². The number of thiophene rings is 1. The topological polar surface area (TPSA) is 116 Å². The Kier molecular flexibility index (Phi) is 7.06. The lowest BCUT2D eigenvalue weighted by atomic mass is 9.85. The summed E-state index contributed by atoms with van der Waals surface area (Å²) in [7, 11) is 0. The molecule has 2 heterocycles. The van der Waals surface area contributed by atoms with Gasteiger partial charge in [-0.05, 0) is 48.2 Å². The highest BCUT2D eigenvalue weighted by Gasteiger charge is 2.31. The van der Waals surface area contributed by atoms with Crippen LogP contribution in [0.3, 0.4) is 0 Å².